The van der Waals surface area contributed by atoms with Crippen molar-refractivity contribution in [2.24, 2.45) is 4.58 Å². The van der Waals surface area contributed by atoms with E-state index in [1.165, 1.54) is 0 Å². The zero-order valence-corrected chi connectivity index (χ0v) is 3.58. The van der Waals surface area contributed by atoms with Crippen LogP contribution in [0.3, 0.4) is 0 Å². The minimum atomic E-state index is 0.782. The molecule has 0 aliphatic heterocycles. The van der Waals surface area contributed by atoms with Crippen molar-refractivity contribution in [3.05, 3.63) is 4.91 Å². The van der Waals surface area contributed by atoms with Gasteiger partial charge in [0.05, 0.1) is 0 Å². The van der Waals surface area contributed by atoms with Crippen LogP contribution in [0.25, 0.3) is 0 Å². The van der Waals surface area contributed by atoms with E-state index in [4.69, 9.17) is 4.91 Å². The van der Waals surface area contributed by atoms with Gasteiger partial charge in [-0.3, -0.25) is 0 Å². The van der Waals surface area contributed by atoms with Crippen LogP contribution in [0.15, 0.2) is 4.58 Å². The third-order valence-corrected chi connectivity index (χ3v) is 0.386. The number of rotatable bonds is 2. The molecule has 5 heavy (non-hydrogen) atoms. The third-order valence-electron chi connectivity index (χ3n) is 0.129. The Morgan fingerprint density at radius 2 is 2.60 bits per heavy atom. The summed E-state index contributed by atoms with van der Waals surface area (Å²) < 4.78 is 4.86. The first kappa shape index (κ1) is 4.91. The first-order valence-electron chi connectivity index (χ1n) is 1.07. The highest BCUT2D eigenvalue weighted by molar-refractivity contribution is 7.95. The summed E-state index contributed by atoms with van der Waals surface area (Å²) in [5.41, 5.74) is 0. The minimum Gasteiger partial charge on any atom is -0.245 e. The molecule has 0 saturated heterocycles. The number of hydrogen-bond acceptors (Lipinski definition) is 4. The molecule has 0 aromatic carbocycles. The molecule has 0 unspecified atom stereocenters. The zero-order chi connectivity index (χ0) is 4.12. The van der Waals surface area contributed by atoms with E-state index in [-0.39, 0.29) is 0 Å². The quantitative estimate of drug-likeness (QED) is 0.399. The molecule has 0 aromatic heterocycles. The van der Waals surface area contributed by atoms with Crippen molar-refractivity contribution < 1.29 is 0 Å². The molecule has 0 spiro atoms. The molecule has 3 nitrogen and oxygen atoms in total. The molecule has 30 valence electrons. The van der Waals surface area contributed by atoms with Gasteiger partial charge in [0.2, 0.25) is 0 Å². The first-order chi connectivity index (χ1) is 2.41. The minimum absolute atomic E-state index is 0.782. The lowest BCUT2D eigenvalue weighted by Gasteiger charge is -1.72. The van der Waals surface area contributed by atoms with E-state index in [1.54, 1.807) is 7.05 Å². The van der Waals surface area contributed by atoms with Crippen molar-refractivity contribution in [3.8, 4) is 0 Å². The van der Waals surface area contributed by atoms with E-state index in [1.807, 2.05) is 0 Å². The Bertz CT molecular complexity index is 30.8. The molecule has 0 aliphatic carbocycles. The summed E-state index contributed by atoms with van der Waals surface area (Å²) in [6.07, 6.45) is 0. The average Bonchev–Trinajstić information content (AvgIpc) is 1.41. The van der Waals surface area contributed by atoms with Gasteiger partial charge in [-0.1, -0.05) is 0 Å². The van der Waals surface area contributed by atoms with Crippen molar-refractivity contribution in [3.63, 3.8) is 0 Å². The maximum atomic E-state index is 9.06. The molecule has 0 saturated carbocycles. The van der Waals surface area contributed by atoms with Crippen molar-refractivity contribution in [1.29, 1.82) is 0 Å². The average molecular weight is 92.1 g/mol. The van der Waals surface area contributed by atoms with Crippen LogP contribution in [-0.2, 0) is 0 Å². The van der Waals surface area contributed by atoms with Gasteiger partial charge in [0.1, 0.15) is 12.1 Å². The van der Waals surface area contributed by atoms with E-state index in [9.17, 15) is 0 Å². The normalized spacial score (nSPS) is 7.40. The van der Waals surface area contributed by atoms with Gasteiger partial charge in [0, 0.05) is 4.58 Å². The molecule has 0 amide bonds. The zero-order valence-electron chi connectivity index (χ0n) is 2.76. The van der Waals surface area contributed by atoms with Crippen LogP contribution in [0.1, 0.15) is 0 Å². The number of nitrogens with one attached hydrogen (secondary N) is 1. The molecule has 0 rings (SSSR count). The molecule has 1 N–H and O–H groups in total. The van der Waals surface area contributed by atoms with Crippen molar-refractivity contribution >= 4 is 12.1 Å². The Morgan fingerprint density at radius 1 is 2.00 bits per heavy atom. The van der Waals surface area contributed by atoms with E-state index < -0.39 is 0 Å². The summed E-state index contributed by atoms with van der Waals surface area (Å²) in [4.78, 5) is 9.06. The summed E-state index contributed by atoms with van der Waals surface area (Å²) in [6.45, 7) is 0. The van der Waals surface area contributed by atoms with Crippen LogP contribution in [0.2, 0.25) is 0 Å². The van der Waals surface area contributed by atoms with Crippen LogP contribution in [-0.4, -0.2) is 7.05 Å². The van der Waals surface area contributed by atoms with Crippen LogP contribution in [0.5, 0.6) is 0 Å². The van der Waals surface area contributed by atoms with E-state index in [2.05, 4.69) is 9.30 Å². The summed E-state index contributed by atoms with van der Waals surface area (Å²) >= 11 is 0.782. The Labute approximate surface area is 34.4 Å². The molecule has 0 aromatic rings. The molecule has 0 bridgehead atoms. The monoisotopic (exact) mass is 92.0 g/mol. The summed E-state index contributed by atoms with van der Waals surface area (Å²) in [6, 6.07) is 0. The van der Waals surface area contributed by atoms with Crippen LogP contribution < -0.4 is 4.72 Å². The predicted molar refractivity (Wildman–Crippen MR) is 22.4 cm³/mol. The van der Waals surface area contributed by atoms with Crippen molar-refractivity contribution in [2.45, 2.75) is 0 Å². The second-order valence-electron chi connectivity index (χ2n) is 0.370. The molecule has 0 fully saturated rings. The summed E-state index contributed by atoms with van der Waals surface area (Å²) in [7, 11) is 1.63. The van der Waals surface area contributed by atoms with Gasteiger partial charge in [-0.15, -0.1) is 4.91 Å². The summed E-state index contributed by atoms with van der Waals surface area (Å²) in [5, 5.41) is 0. The van der Waals surface area contributed by atoms with Gasteiger partial charge in [-0.25, -0.2) is 4.72 Å². The van der Waals surface area contributed by atoms with Crippen LogP contribution in [0, 0.1) is 4.91 Å². The van der Waals surface area contributed by atoms with Crippen molar-refractivity contribution in [2.75, 3.05) is 7.05 Å². The van der Waals surface area contributed by atoms with E-state index in [0.29, 0.717) is 0 Å². The lowest BCUT2D eigenvalue weighted by molar-refractivity contribution is 1.29. The lowest BCUT2D eigenvalue weighted by Crippen LogP contribution is -1.84. The highest BCUT2D eigenvalue weighted by atomic mass is 32.2. The number of nitrogens with zero attached hydrogens (tertiary/aromatic N) is 1. The first-order valence-corrected chi connectivity index (χ1v) is 1.84. The number of hydrogen-bond donors (Lipinski definition) is 1. The highest BCUT2D eigenvalue weighted by Crippen LogP contribution is 1.85. The topological polar surface area (TPSA) is 41.5 Å². The van der Waals surface area contributed by atoms with E-state index >= 15 is 0 Å². The molecular formula is CH4N2OS. The lowest BCUT2D eigenvalue weighted by atomic mass is 11.6. The molecule has 0 heterocycles. The smallest absolute Gasteiger partial charge is 0.105 e. The molecule has 4 heteroatoms. The van der Waals surface area contributed by atoms with Gasteiger partial charge in [-0.2, -0.15) is 0 Å². The molecular weight excluding hydrogens is 88.1 g/mol. The van der Waals surface area contributed by atoms with Crippen LogP contribution >= 0.6 is 12.1 Å². The molecule has 0 atom stereocenters. The maximum absolute atomic E-state index is 9.06. The largest absolute Gasteiger partial charge is 0.245 e. The second kappa shape index (κ2) is 3.91. The van der Waals surface area contributed by atoms with Crippen LogP contribution in [0.4, 0.5) is 0 Å². The SMILES string of the molecule is CNSN=O. The fourth-order valence-electron chi connectivity index (χ4n) is 0.0373. The summed E-state index contributed by atoms with van der Waals surface area (Å²) in [5.74, 6) is 0. The van der Waals surface area contributed by atoms with Gasteiger partial charge < -0.3 is 0 Å². The fourth-order valence-corrected chi connectivity index (χ4v) is 0.112. The standard InChI is InChI=1S/CH4N2OS/c1-2-5-3-4/h2H,1H3. The van der Waals surface area contributed by atoms with E-state index in [0.717, 1.165) is 12.1 Å². The molecule has 0 radical (unpaired) electrons. The third kappa shape index (κ3) is 3.91. The Morgan fingerprint density at radius 3 is 2.60 bits per heavy atom. The Hall–Kier alpha value is -0.0900. The fraction of sp³-hybridized carbons (Fsp3) is 1.00. The maximum Gasteiger partial charge on any atom is 0.105 e. The Kier molecular flexibility index (Phi) is 3.84. The predicted octanol–water partition coefficient (Wildman–Crippen LogP) is 0.535. The number of nitroso groups, excluding NO2 is 1. The van der Waals surface area contributed by atoms with Crippen molar-refractivity contribution in [1.82, 2.24) is 4.72 Å². The van der Waals surface area contributed by atoms with Gasteiger partial charge in [0.15, 0.2) is 0 Å². The Balaban J connectivity index is 2.40. The van der Waals surface area contributed by atoms with Gasteiger partial charge in [-0.05, 0) is 7.05 Å². The van der Waals surface area contributed by atoms with Gasteiger partial charge >= 0.3 is 0 Å². The highest BCUT2D eigenvalue weighted by Gasteiger charge is 1.64. The second-order valence-corrected chi connectivity index (χ2v) is 1.11. The van der Waals surface area contributed by atoms with Gasteiger partial charge in [0.25, 0.3) is 0 Å². The molecule has 0 aliphatic rings.